The standard InChI is InChI=1S/C14H12ClN3O3/c1-17(9-10-4-6-16-7-5-10)14(19)12-8-11(18(20)21)2-3-13(12)15/h2-8H,9H2,1H3. The maximum absolute atomic E-state index is 12.3. The zero-order valence-corrected chi connectivity index (χ0v) is 11.9. The maximum Gasteiger partial charge on any atom is 0.270 e. The van der Waals surface area contributed by atoms with Crippen molar-refractivity contribution in [1.82, 2.24) is 9.88 Å². The van der Waals surface area contributed by atoms with E-state index in [1.807, 2.05) is 0 Å². The van der Waals surface area contributed by atoms with E-state index >= 15 is 0 Å². The van der Waals surface area contributed by atoms with Crippen LogP contribution in [0.15, 0.2) is 42.7 Å². The third-order valence-electron chi connectivity index (χ3n) is 2.91. The Morgan fingerprint density at radius 2 is 2.00 bits per heavy atom. The molecule has 0 aliphatic heterocycles. The summed E-state index contributed by atoms with van der Waals surface area (Å²) < 4.78 is 0. The molecule has 0 aliphatic carbocycles. The lowest BCUT2D eigenvalue weighted by Gasteiger charge is -2.17. The summed E-state index contributed by atoms with van der Waals surface area (Å²) in [7, 11) is 1.61. The zero-order valence-electron chi connectivity index (χ0n) is 11.2. The van der Waals surface area contributed by atoms with Crippen LogP contribution in [-0.4, -0.2) is 27.8 Å². The lowest BCUT2D eigenvalue weighted by atomic mass is 10.1. The van der Waals surface area contributed by atoms with Crippen LogP contribution in [-0.2, 0) is 6.54 Å². The minimum atomic E-state index is -0.560. The molecule has 0 saturated heterocycles. The van der Waals surface area contributed by atoms with Gasteiger partial charge in [-0.1, -0.05) is 11.6 Å². The second-order valence-electron chi connectivity index (χ2n) is 4.44. The first-order valence-corrected chi connectivity index (χ1v) is 6.45. The highest BCUT2D eigenvalue weighted by atomic mass is 35.5. The fraction of sp³-hybridized carbons (Fsp3) is 0.143. The summed E-state index contributed by atoms with van der Waals surface area (Å²) in [6.45, 7) is 0.361. The average Bonchev–Trinajstić information content (AvgIpc) is 2.47. The summed E-state index contributed by atoms with van der Waals surface area (Å²) in [6, 6.07) is 7.39. The predicted molar refractivity (Wildman–Crippen MR) is 78.1 cm³/mol. The SMILES string of the molecule is CN(Cc1ccncc1)C(=O)c1cc([N+](=O)[O-])ccc1Cl. The van der Waals surface area contributed by atoms with Gasteiger partial charge in [0.25, 0.3) is 11.6 Å². The van der Waals surface area contributed by atoms with E-state index in [1.54, 1.807) is 31.6 Å². The molecule has 1 amide bonds. The average molecular weight is 306 g/mol. The van der Waals surface area contributed by atoms with Gasteiger partial charge in [0.1, 0.15) is 0 Å². The van der Waals surface area contributed by atoms with E-state index in [1.165, 1.54) is 23.1 Å². The quantitative estimate of drug-likeness (QED) is 0.643. The van der Waals surface area contributed by atoms with Gasteiger partial charge in [-0.2, -0.15) is 0 Å². The van der Waals surface area contributed by atoms with Gasteiger partial charge in [-0.05, 0) is 23.8 Å². The van der Waals surface area contributed by atoms with Gasteiger partial charge in [-0.15, -0.1) is 0 Å². The van der Waals surface area contributed by atoms with Gasteiger partial charge in [-0.3, -0.25) is 19.9 Å². The number of non-ortho nitro benzene ring substituents is 1. The summed E-state index contributed by atoms with van der Waals surface area (Å²) in [5.74, 6) is -0.375. The monoisotopic (exact) mass is 305 g/mol. The van der Waals surface area contributed by atoms with Crippen LogP contribution in [0.3, 0.4) is 0 Å². The molecule has 0 atom stereocenters. The van der Waals surface area contributed by atoms with Crippen molar-refractivity contribution in [2.45, 2.75) is 6.54 Å². The molecule has 1 heterocycles. The molecular weight excluding hydrogens is 294 g/mol. The van der Waals surface area contributed by atoms with Crippen LogP contribution >= 0.6 is 11.6 Å². The van der Waals surface area contributed by atoms with Crippen molar-refractivity contribution >= 4 is 23.2 Å². The number of hydrogen-bond acceptors (Lipinski definition) is 4. The van der Waals surface area contributed by atoms with E-state index in [0.29, 0.717) is 6.54 Å². The van der Waals surface area contributed by atoms with E-state index in [0.717, 1.165) is 5.56 Å². The Bertz CT molecular complexity index is 676. The van der Waals surface area contributed by atoms with Crippen molar-refractivity contribution in [2.75, 3.05) is 7.05 Å². The molecule has 0 saturated carbocycles. The van der Waals surface area contributed by atoms with E-state index < -0.39 is 4.92 Å². The molecule has 0 radical (unpaired) electrons. The fourth-order valence-electron chi connectivity index (χ4n) is 1.83. The molecule has 0 bridgehead atoms. The minimum absolute atomic E-state index is 0.113. The van der Waals surface area contributed by atoms with Gasteiger partial charge < -0.3 is 4.90 Å². The van der Waals surface area contributed by atoms with Crippen molar-refractivity contribution in [3.8, 4) is 0 Å². The van der Waals surface area contributed by atoms with Crippen LogP contribution in [0.1, 0.15) is 15.9 Å². The van der Waals surface area contributed by atoms with Gasteiger partial charge >= 0.3 is 0 Å². The summed E-state index contributed by atoms with van der Waals surface area (Å²) in [4.78, 5) is 27.9. The van der Waals surface area contributed by atoms with E-state index in [-0.39, 0.29) is 22.2 Å². The summed E-state index contributed by atoms with van der Waals surface area (Å²) in [5.41, 5.74) is 0.852. The third kappa shape index (κ3) is 3.55. The molecule has 0 fully saturated rings. The highest BCUT2D eigenvalue weighted by Gasteiger charge is 2.19. The smallest absolute Gasteiger partial charge is 0.270 e. The molecule has 2 rings (SSSR count). The van der Waals surface area contributed by atoms with Crippen LogP contribution in [0.4, 0.5) is 5.69 Å². The van der Waals surface area contributed by atoms with Gasteiger partial charge in [0.15, 0.2) is 0 Å². The second-order valence-corrected chi connectivity index (χ2v) is 4.85. The molecule has 7 heteroatoms. The molecule has 21 heavy (non-hydrogen) atoms. The van der Waals surface area contributed by atoms with Crippen molar-refractivity contribution < 1.29 is 9.72 Å². The lowest BCUT2D eigenvalue weighted by Crippen LogP contribution is -2.26. The Morgan fingerprint density at radius 1 is 1.33 bits per heavy atom. The van der Waals surface area contributed by atoms with E-state index in [4.69, 9.17) is 11.6 Å². The second kappa shape index (κ2) is 6.32. The van der Waals surface area contributed by atoms with Crippen LogP contribution in [0.25, 0.3) is 0 Å². The number of benzene rings is 1. The number of rotatable bonds is 4. The number of carbonyl (C=O) groups excluding carboxylic acids is 1. The normalized spacial score (nSPS) is 10.2. The molecule has 108 valence electrons. The molecule has 1 aromatic carbocycles. The largest absolute Gasteiger partial charge is 0.337 e. The van der Waals surface area contributed by atoms with Crippen molar-refractivity contribution in [1.29, 1.82) is 0 Å². The summed E-state index contributed by atoms with van der Waals surface area (Å²) in [6.07, 6.45) is 3.27. The van der Waals surface area contributed by atoms with Crippen LogP contribution in [0, 0.1) is 10.1 Å². The topological polar surface area (TPSA) is 76.3 Å². The highest BCUT2D eigenvalue weighted by molar-refractivity contribution is 6.33. The Labute approximate surface area is 126 Å². The Kier molecular flexibility index (Phi) is 4.49. The minimum Gasteiger partial charge on any atom is -0.337 e. The zero-order chi connectivity index (χ0) is 15.4. The number of nitrogens with zero attached hydrogens (tertiary/aromatic N) is 3. The van der Waals surface area contributed by atoms with Gasteiger partial charge in [0.05, 0.1) is 15.5 Å². The van der Waals surface area contributed by atoms with Gasteiger partial charge in [0.2, 0.25) is 0 Å². The molecule has 0 spiro atoms. The van der Waals surface area contributed by atoms with Gasteiger partial charge in [-0.25, -0.2) is 0 Å². The molecule has 0 aliphatic rings. The van der Waals surface area contributed by atoms with E-state index in [2.05, 4.69) is 4.98 Å². The predicted octanol–water partition coefficient (Wildman–Crippen LogP) is 2.92. The molecule has 0 unspecified atom stereocenters. The van der Waals surface area contributed by atoms with Crippen LogP contribution in [0.2, 0.25) is 5.02 Å². The number of halogens is 1. The number of amides is 1. The number of aromatic nitrogens is 1. The Hall–Kier alpha value is -2.47. The Balaban J connectivity index is 2.23. The summed E-state index contributed by atoms with van der Waals surface area (Å²) >= 11 is 5.96. The van der Waals surface area contributed by atoms with Crippen molar-refractivity contribution in [3.05, 3.63) is 69.0 Å². The first-order valence-electron chi connectivity index (χ1n) is 6.07. The van der Waals surface area contributed by atoms with Crippen molar-refractivity contribution in [2.24, 2.45) is 0 Å². The fourth-order valence-corrected chi connectivity index (χ4v) is 2.03. The number of carbonyl (C=O) groups is 1. The van der Waals surface area contributed by atoms with Crippen molar-refractivity contribution in [3.63, 3.8) is 0 Å². The van der Waals surface area contributed by atoms with Gasteiger partial charge in [0, 0.05) is 38.1 Å². The Morgan fingerprint density at radius 3 is 2.62 bits per heavy atom. The molecule has 6 nitrogen and oxygen atoms in total. The van der Waals surface area contributed by atoms with Crippen LogP contribution in [0.5, 0.6) is 0 Å². The highest BCUT2D eigenvalue weighted by Crippen LogP contribution is 2.23. The summed E-state index contributed by atoms with van der Waals surface area (Å²) in [5, 5.41) is 11.0. The molecule has 2 aromatic rings. The van der Waals surface area contributed by atoms with E-state index in [9.17, 15) is 14.9 Å². The first-order chi connectivity index (χ1) is 9.99. The van der Waals surface area contributed by atoms with Crippen LogP contribution < -0.4 is 0 Å². The molecule has 1 aromatic heterocycles. The number of pyridine rings is 1. The first kappa shape index (κ1) is 14.9. The number of nitro benzene ring substituents is 1. The third-order valence-corrected chi connectivity index (χ3v) is 3.24. The molecule has 0 N–H and O–H groups in total. The number of hydrogen-bond donors (Lipinski definition) is 0. The molecular formula is C14H12ClN3O3. The number of nitro groups is 1. The maximum atomic E-state index is 12.3. The lowest BCUT2D eigenvalue weighted by molar-refractivity contribution is -0.384.